The molecule has 1 aromatic heterocycles. The first-order valence-electron chi connectivity index (χ1n) is 11.1. The van der Waals surface area contributed by atoms with Gasteiger partial charge in [-0.05, 0) is 38.8 Å². The van der Waals surface area contributed by atoms with Crippen molar-refractivity contribution in [3.63, 3.8) is 0 Å². The van der Waals surface area contributed by atoms with Gasteiger partial charge in [0.2, 0.25) is 5.91 Å². The summed E-state index contributed by atoms with van der Waals surface area (Å²) >= 11 is 0. The smallest absolute Gasteiger partial charge is 0.274 e. The predicted octanol–water partition coefficient (Wildman–Crippen LogP) is 1.93. The van der Waals surface area contributed by atoms with Crippen LogP contribution in [0.5, 0.6) is 0 Å². The number of rotatable bonds is 3. The molecule has 2 aliphatic heterocycles. The number of aromatic nitrogens is 2. The highest BCUT2D eigenvalue weighted by atomic mass is 16.2. The number of piperazine rings is 1. The van der Waals surface area contributed by atoms with E-state index < -0.39 is 0 Å². The molecule has 4 rings (SSSR count). The molecule has 32 heavy (non-hydrogen) atoms. The maximum absolute atomic E-state index is 13.2. The Morgan fingerprint density at radius 3 is 2.19 bits per heavy atom. The molecule has 2 fully saturated rings. The Kier molecular flexibility index (Phi) is 6.48. The highest BCUT2D eigenvalue weighted by molar-refractivity contribution is 5.95. The van der Waals surface area contributed by atoms with Crippen molar-refractivity contribution < 1.29 is 14.4 Å². The molecule has 0 saturated carbocycles. The number of piperidine rings is 1. The van der Waals surface area contributed by atoms with E-state index in [-0.39, 0.29) is 23.6 Å². The van der Waals surface area contributed by atoms with Gasteiger partial charge in [-0.15, -0.1) is 0 Å². The SMILES string of the molecule is Cc1cc(C)cc(C(=O)N2CCCC(C(=O)N3CCN(C(=O)c4cnccn4)CC3)C2)c1. The summed E-state index contributed by atoms with van der Waals surface area (Å²) in [6, 6.07) is 5.87. The minimum absolute atomic E-state index is 0.00585. The zero-order valence-corrected chi connectivity index (χ0v) is 18.7. The van der Waals surface area contributed by atoms with Crippen LogP contribution >= 0.6 is 0 Å². The van der Waals surface area contributed by atoms with Crippen LogP contribution in [0.15, 0.2) is 36.8 Å². The number of carbonyl (C=O) groups excluding carboxylic acids is 3. The molecule has 2 aromatic rings. The fraction of sp³-hybridized carbons (Fsp3) is 0.458. The maximum atomic E-state index is 13.2. The summed E-state index contributed by atoms with van der Waals surface area (Å²) in [6.45, 7) is 7.03. The van der Waals surface area contributed by atoms with Gasteiger partial charge in [-0.1, -0.05) is 17.2 Å². The number of hydrogen-bond acceptors (Lipinski definition) is 5. The maximum Gasteiger partial charge on any atom is 0.274 e. The highest BCUT2D eigenvalue weighted by Crippen LogP contribution is 2.22. The lowest BCUT2D eigenvalue weighted by Gasteiger charge is -2.39. The lowest BCUT2D eigenvalue weighted by Crippen LogP contribution is -2.54. The Morgan fingerprint density at radius 1 is 0.844 bits per heavy atom. The molecule has 3 heterocycles. The van der Waals surface area contributed by atoms with Gasteiger partial charge in [0.25, 0.3) is 11.8 Å². The first kappa shape index (κ1) is 21.9. The van der Waals surface area contributed by atoms with Crippen LogP contribution in [-0.2, 0) is 4.79 Å². The molecule has 1 unspecified atom stereocenters. The van der Waals surface area contributed by atoms with Crippen LogP contribution < -0.4 is 0 Å². The highest BCUT2D eigenvalue weighted by Gasteiger charge is 2.33. The third-order valence-corrected chi connectivity index (χ3v) is 6.19. The number of benzene rings is 1. The minimum atomic E-state index is -0.194. The van der Waals surface area contributed by atoms with E-state index in [1.54, 1.807) is 4.90 Å². The average Bonchev–Trinajstić information content (AvgIpc) is 2.83. The molecule has 1 atom stereocenters. The molecule has 0 N–H and O–H groups in total. The summed E-state index contributed by atoms with van der Waals surface area (Å²) in [7, 11) is 0. The largest absolute Gasteiger partial charge is 0.339 e. The first-order valence-corrected chi connectivity index (χ1v) is 11.1. The van der Waals surface area contributed by atoms with Crippen LogP contribution in [-0.4, -0.2) is 81.7 Å². The van der Waals surface area contributed by atoms with Gasteiger partial charge >= 0.3 is 0 Å². The summed E-state index contributed by atoms with van der Waals surface area (Å²) < 4.78 is 0. The number of aryl methyl sites for hydroxylation is 2. The molecule has 2 aliphatic rings. The van der Waals surface area contributed by atoms with Gasteiger partial charge in [-0.2, -0.15) is 0 Å². The van der Waals surface area contributed by atoms with Crippen molar-refractivity contribution in [1.82, 2.24) is 24.7 Å². The van der Waals surface area contributed by atoms with Crippen molar-refractivity contribution in [2.24, 2.45) is 5.92 Å². The molecule has 8 nitrogen and oxygen atoms in total. The Labute approximate surface area is 188 Å². The number of likely N-dealkylation sites (tertiary alicyclic amines) is 1. The second-order valence-electron chi connectivity index (χ2n) is 8.67. The topological polar surface area (TPSA) is 86.7 Å². The van der Waals surface area contributed by atoms with Gasteiger partial charge in [-0.25, -0.2) is 4.98 Å². The van der Waals surface area contributed by atoms with E-state index in [0.29, 0.717) is 50.5 Å². The third-order valence-electron chi connectivity index (χ3n) is 6.19. The van der Waals surface area contributed by atoms with Crippen LogP contribution in [0.3, 0.4) is 0 Å². The van der Waals surface area contributed by atoms with Crippen LogP contribution in [0.4, 0.5) is 0 Å². The number of carbonyl (C=O) groups is 3. The zero-order valence-electron chi connectivity index (χ0n) is 18.7. The molecule has 0 radical (unpaired) electrons. The monoisotopic (exact) mass is 435 g/mol. The lowest BCUT2D eigenvalue weighted by atomic mass is 9.95. The second kappa shape index (κ2) is 9.46. The van der Waals surface area contributed by atoms with Crippen LogP contribution in [0.1, 0.15) is 44.8 Å². The molecule has 168 valence electrons. The number of nitrogens with zero attached hydrogens (tertiary/aromatic N) is 5. The van der Waals surface area contributed by atoms with Crippen molar-refractivity contribution in [1.29, 1.82) is 0 Å². The van der Waals surface area contributed by atoms with Gasteiger partial charge < -0.3 is 14.7 Å². The molecule has 8 heteroatoms. The summed E-state index contributed by atoms with van der Waals surface area (Å²) in [6.07, 6.45) is 6.10. The molecule has 0 aliphatic carbocycles. The van der Waals surface area contributed by atoms with E-state index in [1.807, 2.05) is 41.8 Å². The zero-order chi connectivity index (χ0) is 22.7. The molecule has 0 spiro atoms. The van der Waals surface area contributed by atoms with E-state index in [2.05, 4.69) is 9.97 Å². The van der Waals surface area contributed by atoms with Crippen molar-refractivity contribution in [2.45, 2.75) is 26.7 Å². The van der Waals surface area contributed by atoms with Gasteiger partial charge in [0.15, 0.2) is 0 Å². The van der Waals surface area contributed by atoms with Crippen molar-refractivity contribution >= 4 is 17.7 Å². The predicted molar refractivity (Wildman–Crippen MR) is 119 cm³/mol. The fourth-order valence-electron chi connectivity index (χ4n) is 4.60. The van der Waals surface area contributed by atoms with Crippen LogP contribution in [0.25, 0.3) is 0 Å². The van der Waals surface area contributed by atoms with Crippen molar-refractivity contribution in [3.05, 3.63) is 59.2 Å². The van der Waals surface area contributed by atoms with E-state index in [1.165, 1.54) is 18.6 Å². The normalized spacial score (nSPS) is 19.1. The van der Waals surface area contributed by atoms with Gasteiger partial charge in [0.05, 0.1) is 12.1 Å². The van der Waals surface area contributed by atoms with Gasteiger partial charge in [0.1, 0.15) is 5.69 Å². The van der Waals surface area contributed by atoms with Crippen molar-refractivity contribution in [2.75, 3.05) is 39.3 Å². The molecule has 3 amide bonds. The molecule has 1 aromatic carbocycles. The van der Waals surface area contributed by atoms with Crippen LogP contribution in [0, 0.1) is 19.8 Å². The fourth-order valence-corrected chi connectivity index (χ4v) is 4.60. The van der Waals surface area contributed by atoms with E-state index >= 15 is 0 Å². The van der Waals surface area contributed by atoms with Crippen molar-refractivity contribution in [3.8, 4) is 0 Å². The third kappa shape index (κ3) is 4.79. The molecular formula is C24H29N5O3. The Balaban J connectivity index is 1.34. The standard InChI is InChI=1S/C24H29N5O3/c1-17-12-18(2)14-20(13-17)23(31)29-7-3-4-19(16-29)22(30)27-8-10-28(11-9-27)24(32)21-15-25-5-6-26-21/h5-6,12-15,19H,3-4,7-11,16H2,1-2H3. The lowest BCUT2D eigenvalue weighted by molar-refractivity contribution is -0.138. The van der Waals surface area contributed by atoms with E-state index in [4.69, 9.17) is 0 Å². The first-order chi connectivity index (χ1) is 15.4. The van der Waals surface area contributed by atoms with Crippen LogP contribution in [0.2, 0.25) is 0 Å². The number of hydrogen-bond donors (Lipinski definition) is 0. The summed E-state index contributed by atoms with van der Waals surface area (Å²) in [5.74, 6) is -0.280. The average molecular weight is 436 g/mol. The van der Waals surface area contributed by atoms with Gasteiger partial charge in [0, 0.05) is 57.2 Å². The molecule has 0 bridgehead atoms. The summed E-state index contributed by atoms with van der Waals surface area (Å²) in [5, 5.41) is 0. The molecule has 2 saturated heterocycles. The number of amides is 3. The summed E-state index contributed by atoms with van der Waals surface area (Å²) in [4.78, 5) is 52.2. The van der Waals surface area contributed by atoms with E-state index in [0.717, 1.165) is 24.0 Å². The van der Waals surface area contributed by atoms with Gasteiger partial charge in [-0.3, -0.25) is 19.4 Å². The molecular weight excluding hydrogens is 406 g/mol. The minimum Gasteiger partial charge on any atom is -0.339 e. The Bertz CT molecular complexity index is 982. The quantitative estimate of drug-likeness (QED) is 0.735. The Hall–Kier alpha value is -3.29. The Morgan fingerprint density at radius 2 is 1.53 bits per heavy atom. The van der Waals surface area contributed by atoms with E-state index in [9.17, 15) is 14.4 Å². The summed E-state index contributed by atoms with van der Waals surface area (Å²) in [5.41, 5.74) is 3.13. The second-order valence-corrected chi connectivity index (χ2v) is 8.67.